The minimum atomic E-state index is 0.793. The smallest absolute Gasteiger partial charge is 0.160 e. The lowest BCUT2D eigenvalue weighted by Gasteiger charge is -2.32. The molecule has 0 aromatic heterocycles. The highest BCUT2D eigenvalue weighted by Crippen LogP contribution is 2.28. The molecule has 2 aromatic rings. The fourth-order valence-electron chi connectivity index (χ4n) is 3.94. The molecule has 0 aliphatic carbocycles. The van der Waals surface area contributed by atoms with Gasteiger partial charge in [-0.15, -0.1) is 0 Å². The fraction of sp³-hybridized carbons (Fsp3) is 0.478. The molecule has 1 aliphatic heterocycles. The first-order chi connectivity index (χ1) is 13.2. The number of nitrogens with two attached hydrogens (primary N) is 1. The van der Waals surface area contributed by atoms with Crippen molar-refractivity contribution < 1.29 is 9.47 Å². The highest BCUT2D eigenvalue weighted by Gasteiger charge is 2.19. The number of hydrogen-bond acceptors (Lipinski definition) is 4. The topological polar surface area (TPSA) is 47.7 Å². The van der Waals surface area contributed by atoms with E-state index in [0.29, 0.717) is 0 Å². The summed E-state index contributed by atoms with van der Waals surface area (Å²) in [5.41, 5.74) is 9.60. The molecule has 2 N–H and O–H groups in total. The van der Waals surface area contributed by atoms with Crippen molar-refractivity contribution in [3.8, 4) is 11.5 Å². The van der Waals surface area contributed by atoms with Gasteiger partial charge in [0, 0.05) is 12.2 Å². The van der Waals surface area contributed by atoms with Gasteiger partial charge in [0.25, 0.3) is 0 Å². The zero-order valence-corrected chi connectivity index (χ0v) is 16.6. The first-order valence-corrected chi connectivity index (χ1v) is 9.96. The van der Waals surface area contributed by atoms with Gasteiger partial charge >= 0.3 is 0 Å². The molecular formula is C23H32N2O2. The molecule has 0 spiro atoms. The van der Waals surface area contributed by atoms with Crippen LogP contribution in [-0.2, 0) is 12.8 Å². The summed E-state index contributed by atoms with van der Waals surface area (Å²) in [7, 11) is 3.36. The number of likely N-dealkylation sites (tertiary alicyclic amines) is 1. The highest BCUT2D eigenvalue weighted by atomic mass is 16.5. The molecule has 2 aromatic carbocycles. The van der Waals surface area contributed by atoms with Gasteiger partial charge in [-0.3, -0.25) is 0 Å². The zero-order chi connectivity index (χ0) is 19.1. The first kappa shape index (κ1) is 19.6. The molecular weight excluding hydrogens is 336 g/mol. The molecule has 0 unspecified atom stereocenters. The average molecular weight is 369 g/mol. The molecule has 0 radical (unpaired) electrons. The van der Waals surface area contributed by atoms with Gasteiger partial charge in [0.2, 0.25) is 0 Å². The summed E-state index contributed by atoms with van der Waals surface area (Å²) >= 11 is 0. The number of para-hydroxylation sites is 1. The van der Waals surface area contributed by atoms with Crippen LogP contribution in [0.15, 0.2) is 42.5 Å². The second kappa shape index (κ2) is 9.65. The van der Waals surface area contributed by atoms with Gasteiger partial charge in [0.05, 0.1) is 14.2 Å². The van der Waals surface area contributed by atoms with Gasteiger partial charge in [-0.1, -0.05) is 24.3 Å². The van der Waals surface area contributed by atoms with Crippen molar-refractivity contribution in [2.45, 2.75) is 32.1 Å². The number of hydrogen-bond donors (Lipinski definition) is 1. The molecule has 27 heavy (non-hydrogen) atoms. The van der Waals surface area contributed by atoms with Crippen molar-refractivity contribution in [3.63, 3.8) is 0 Å². The first-order valence-electron chi connectivity index (χ1n) is 9.96. The lowest BCUT2D eigenvalue weighted by atomic mass is 9.90. The van der Waals surface area contributed by atoms with Crippen LogP contribution < -0.4 is 15.2 Å². The Kier molecular flexibility index (Phi) is 6.99. The van der Waals surface area contributed by atoms with Crippen LogP contribution in [-0.4, -0.2) is 38.8 Å². The van der Waals surface area contributed by atoms with Crippen LogP contribution in [0.25, 0.3) is 0 Å². The summed E-state index contributed by atoms with van der Waals surface area (Å²) in [4.78, 5) is 2.59. The molecule has 0 bridgehead atoms. The Morgan fingerprint density at radius 2 is 1.70 bits per heavy atom. The summed E-state index contributed by atoms with van der Waals surface area (Å²) in [6.45, 7) is 3.50. The standard InChI is InChI=1S/C23H32N2O2/c1-26-22-10-8-19(17-23(22)27-2)13-16-25-14-11-18(12-15-25)7-9-20-5-3-4-6-21(20)24/h3-6,8,10,17-18H,7,9,11-16,24H2,1-2H3. The summed E-state index contributed by atoms with van der Waals surface area (Å²) in [5, 5.41) is 0. The van der Waals surface area contributed by atoms with E-state index < -0.39 is 0 Å². The van der Waals surface area contributed by atoms with E-state index in [0.717, 1.165) is 42.5 Å². The molecule has 0 saturated carbocycles. The number of aryl methyl sites for hydroxylation is 1. The van der Waals surface area contributed by atoms with E-state index >= 15 is 0 Å². The zero-order valence-electron chi connectivity index (χ0n) is 16.6. The maximum Gasteiger partial charge on any atom is 0.160 e. The summed E-state index contributed by atoms with van der Waals surface area (Å²) in [6.07, 6.45) is 5.98. The van der Waals surface area contributed by atoms with Crippen molar-refractivity contribution in [2.75, 3.05) is 39.6 Å². The Morgan fingerprint density at radius 1 is 0.963 bits per heavy atom. The van der Waals surface area contributed by atoms with E-state index in [-0.39, 0.29) is 0 Å². The van der Waals surface area contributed by atoms with Crippen LogP contribution >= 0.6 is 0 Å². The Hall–Kier alpha value is -2.20. The van der Waals surface area contributed by atoms with Crippen molar-refractivity contribution >= 4 is 5.69 Å². The highest BCUT2D eigenvalue weighted by molar-refractivity contribution is 5.46. The van der Waals surface area contributed by atoms with Gasteiger partial charge < -0.3 is 20.1 Å². The number of nitrogen functional groups attached to an aromatic ring is 1. The van der Waals surface area contributed by atoms with E-state index in [4.69, 9.17) is 15.2 Å². The Bertz CT molecular complexity index is 724. The molecule has 4 nitrogen and oxygen atoms in total. The van der Waals surface area contributed by atoms with E-state index in [1.807, 2.05) is 18.2 Å². The molecule has 1 fully saturated rings. The van der Waals surface area contributed by atoms with Crippen LogP contribution in [0.2, 0.25) is 0 Å². The van der Waals surface area contributed by atoms with E-state index in [2.05, 4.69) is 29.2 Å². The number of benzene rings is 2. The van der Waals surface area contributed by atoms with Gasteiger partial charge in [-0.2, -0.15) is 0 Å². The third-order valence-electron chi connectivity index (χ3n) is 5.75. The number of piperidine rings is 1. The molecule has 0 amide bonds. The largest absolute Gasteiger partial charge is 0.493 e. The van der Waals surface area contributed by atoms with Crippen LogP contribution in [0.5, 0.6) is 11.5 Å². The monoisotopic (exact) mass is 368 g/mol. The maximum absolute atomic E-state index is 6.07. The third kappa shape index (κ3) is 5.39. The number of ether oxygens (including phenoxy) is 2. The quantitative estimate of drug-likeness (QED) is 0.710. The predicted octanol–water partition coefficient (Wildman–Crippen LogP) is 4.17. The van der Waals surface area contributed by atoms with E-state index in [1.54, 1.807) is 14.2 Å². The molecule has 3 rings (SSSR count). The number of nitrogens with zero attached hydrogens (tertiary/aromatic N) is 1. The molecule has 4 heteroatoms. The van der Waals surface area contributed by atoms with Crippen LogP contribution in [0.3, 0.4) is 0 Å². The van der Waals surface area contributed by atoms with Crippen molar-refractivity contribution in [1.29, 1.82) is 0 Å². The lowest BCUT2D eigenvalue weighted by Crippen LogP contribution is -2.35. The molecule has 1 aliphatic rings. The minimum Gasteiger partial charge on any atom is -0.493 e. The van der Waals surface area contributed by atoms with Crippen molar-refractivity contribution in [3.05, 3.63) is 53.6 Å². The predicted molar refractivity (Wildman–Crippen MR) is 112 cm³/mol. The second-order valence-electron chi connectivity index (χ2n) is 7.46. The second-order valence-corrected chi connectivity index (χ2v) is 7.46. The van der Waals surface area contributed by atoms with Crippen molar-refractivity contribution in [2.24, 2.45) is 5.92 Å². The van der Waals surface area contributed by atoms with Gasteiger partial charge in [-0.05, 0) is 80.4 Å². The minimum absolute atomic E-state index is 0.793. The summed E-state index contributed by atoms with van der Waals surface area (Å²) < 4.78 is 10.7. The third-order valence-corrected chi connectivity index (χ3v) is 5.75. The maximum atomic E-state index is 6.07. The van der Waals surface area contributed by atoms with Crippen LogP contribution in [0.1, 0.15) is 30.4 Å². The van der Waals surface area contributed by atoms with E-state index in [9.17, 15) is 0 Å². The van der Waals surface area contributed by atoms with Crippen molar-refractivity contribution in [1.82, 2.24) is 4.90 Å². The molecule has 0 atom stereocenters. The van der Waals surface area contributed by atoms with E-state index in [1.165, 1.54) is 43.5 Å². The van der Waals surface area contributed by atoms with Gasteiger partial charge in [0.1, 0.15) is 0 Å². The summed E-state index contributed by atoms with van der Waals surface area (Å²) in [6, 6.07) is 14.5. The normalized spacial score (nSPS) is 15.6. The number of anilines is 1. The van der Waals surface area contributed by atoms with Gasteiger partial charge in [0.15, 0.2) is 11.5 Å². The van der Waals surface area contributed by atoms with Crippen LogP contribution in [0, 0.1) is 5.92 Å². The Morgan fingerprint density at radius 3 is 2.41 bits per heavy atom. The summed E-state index contributed by atoms with van der Waals surface area (Å²) in [5.74, 6) is 2.43. The number of methoxy groups -OCH3 is 2. The average Bonchev–Trinajstić information content (AvgIpc) is 2.72. The lowest BCUT2D eigenvalue weighted by molar-refractivity contribution is 0.181. The molecule has 1 heterocycles. The fourth-order valence-corrected chi connectivity index (χ4v) is 3.94. The molecule has 146 valence electrons. The van der Waals surface area contributed by atoms with Crippen LogP contribution in [0.4, 0.5) is 5.69 Å². The Labute approximate surface area is 163 Å². The SMILES string of the molecule is COc1ccc(CCN2CCC(CCc3ccccc3N)CC2)cc1OC. The molecule has 1 saturated heterocycles. The van der Waals surface area contributed by atoms with Gasteiger partial charge in [-0.25, -0.2) is 0 Å². The number of rotatable bonds is 8. The Balaban J connectivity index is 1.41.